The highest BCUT2D eigenvalue weighted by molar-refractivity contribution is 7.51. The molecule has 6 heteroatoms. The highest BCUT2D eigenvalue weighted by Crippen LogP contribution is 2.34. The molecule has 16 heavy (non-hydrogen) atoms. The Kier molecular flexibility index (Phi) is 4.50. The molecule has 0 saturated heterocycles. The van der Waals surface area contributed by atoms with Crippen LogP contribution in [0.5, 0.6) is 5.75 Å². The van der Waals surface area contributed by atoms with Crippen molar-refractivity contribution in [1.82, 2.24) is 0 Å². The molecule has 0 amide bonds. The molecule has 90 valence electrons. The number of hydrogen-bond donors (Lipinski definition) is 3. The largest absolute Gasteiger partial charge is 0.481 e. The number of nitrogens with two attached hydrogens (primary N) is 1. The van der Waals surface area contributed by atoms with Gasteiger partial charge in [-0.2, -0.15) is 0 Å². The van der Waals surface area contributed by atoms with E-state index < -0.39 is 13.9 Å². The summed E-state index contributed by atoms with van der Waals surface area (Å²) in [7, 11) is -4.11. The molecule has 0 radical (unpaired) electrons. The van der Waals surface area contributed by atoms with Gasteiger partial charge in [0.05, 0.1) is 0 Å². The second-order valence-electron chi connectivity index (χ2n) is 3.76. The number of rotatable bonds is 5. The lowest BCUT2D eigenvalue weighted by Crippen LogP contribution is -2.17. The Hall–Kier alpha value is -0.870. The lowest BCUT2D eigenvalue weighted by atomic mass is 10.1. The number of benzene rings is 1. The van der Waals surface area contributed by atoms with E-state index in [4.69, 9.17) is 20.3 Å². The van der Waals surface area contributed by atoms with Gasteiger partial charge < -0.3 is 20.3 Å². The summed E-state index contributed by atoms with van der Waals surface area (Å²) in [5.41, 5.74) is 6.71. The van der Waals surface area contributed by atoms with Gasteiger partial charge in [-0.3, -0.25) is 4.57 Å². The van der Waals surface area contributed by atoms with Crippen LogP contribution in [0, 0.1) is 0 Å². The van der Waals surface area contributed by atoms with Gasteiger partial charge >= 0.3 is 7.60 Å². The smallest absolute Gasteiger partial charge is 0.362 e. The van der Waals surface area contributed by atoms with Gasteiger partial charge in [-0.1, -0.05) is 12.1 Å². The van der Waals surface area contributed by atoms with Gasteiger partial charge in [-0.15, -0.1) is 0 Å². The minimum Gasteiger partial charge on any atom is -0.481 e. The Balaban J connectivity index is 2.55. The fourth-order valence-corrected chi connectivity index (χ4v) is 1.57. The minimum atomic E-state index is -4.11. The van der Waals surface area contributed by atoms with E-state index in [9.17, 15) is 4.57 Å². The van der Waals surface area contributed by atoms with Crippen molar-refractivity contribution in [1.29, 1.82) is 0 Å². The van der Waals surface area contributed by atoms with Crippen LogP contribution in [0.25, 0.3) is 0 Å². The number of hydrogen-bond acceptors (Lipinski definition) is 3. The molecule has 1 rings (SSSR count). The van der Waals surface area contributed by atoms with Crippen molar-refractivity contribution < 1.29 is 19.1 Å². The van der Waals surface area contributed by atoms with Crippen molar-refractivity contribution in [2.75, 3.05) is 6.35 Å². The first-order chi connectivity index (χ1) is 7.37. The molecule has 0 heterocycles. The molecule has 0 saturated carbocycles. The first-order valence-corrected chi connectivity index (χ1v) is 6.68. The van der Waals surface area contributed by atoms with Crippen LogP contribution >= 0.6 is 7.60 Å². The first-order valence-electron chi connectivity index (χ1n) is 4.89. The van der Waals surface area contributed by atoms with Gasteiger partial charge in [0.15, 0.2) is 6.35 Å². The molecule has 1 unspecified atom stereocenters. The Bertz CT molecular complexity index is 371. The highest BCUT2D eigenvalue weighted by Gasteiger charge is 2.13. The summed E-state index contributed by atoms with van der Waals surface area (Å²) in [6, 6.07) is 7.10. The average molecular weight is 245 g/mol. The molecular formula is C10H16NO4P. The molecule has 0 aliphatic heterocycles. The third-order valence-electron chi connectivity index (χ3n) is 1.88. The summed E-state index contributed by atoms with van der Waals surface area (Å²) in [5, 5.41) is 0. The second-order valence-corrected chi connectivity index (χ2v) is 5.35. The van der Waals surface area contributed by atoms with E-state index in [0.29, 0.717) is 5.75 Å². The van der Waals surface area contributed by atoms with Crippen LogP contribution in [0.1, 0.15) is 12.5 Å². The van der Waals surface area contributed by atoms with E-state index in [1.807, 2.05) is 19.1 Å². The Morgan fingerprint density at radius 3 is 2.38 bits per heavy atom. The quantitative estimate of drug-likeness (QED) is 0.675. The summed E-state index contributed by atoms with van der Waals surface area (Å²) < 4.78 is 15.5. The summed E-state index contributed by atoms with van der Waals surface area (Å²) >= 11 is 0. The van der Waals surface area contributed by atoms with Crippen molar-refractivity contribution in [3.05, 3.63) is 29.8 Å². The lowest BCUT2D eigenvalue weighted by molar-refractivity contribution is 0.300. The zero-order chi connectivity index (χ0) is 12.2. The number of ether oxygens (including phenoxy) is 1. The molecule has 4 N–H and O–H groups in total. The maximum Gasteiger partial charge on any atom is 0.362 e. The van der Waals surface area contributed by atoms with Gasteiger partial charge in [-0.05, 0) is 31.0 Å². The topological polar surface area (TPSA) is 92.8 Å². The summed E-state index contributed by atoms with van der Waals surface area (Å²) in [5.74, 6) is 0.441. The van der Waals surface area contributed by atoms with Crippen LogP contribution in [-0.4, -0.2) is 22.2 Å². The van der Waals surface area contributed by atoms with Crippen molar-refractivity contribution in [3.8, 4) is 5.75 Å². The SMILES string of the molecule is CC(N)Cc1ccc(OCP(=O)(O)O)cc1. The Labute approximate surface area is 94.4 Å². The van der Waals surface area contributed by atoms with Gasteiger partial charge in [0.25, 0.3) is 0 Å². The maximum atomic E-state index is 10.6. The van der Waals surface area contributed by atoms with Crippen LogP contribution in [0.4, 0.5) is 0 Å². The summed E-state index contributed by atoms with van der Waals surface area (Å²) in [6.45, 7) is 1.91. The summed E-state index contributed by atoms with van der Waals surface area (Å²) in [6.07, 6.45) is 0.165. The molecule has 0 aliphatic carbocycles. The third kappa shape index (κ3) is 5.28. The van der Waals surface area contributed by atoms with Crippen LogP contribution < -0.4 is 10.5 Å². The molecule has 0 aliphatic rings. The normalized spacial score (nSPS) is 13.5. The van der Waals surface area contributed by atoms with Crippen molar-refractivity contribution in [2.24, 2.45) is 5.73 Å². The second kappa shape index (κ2) is 5.46. The van der Waals surface area contributed by atoms with E-state index in [2.05, 4.69) is 0 Å². The lowest BCUT2D eigenvalue weighted by Gasteiger charge is -2.09. The predicted molar refractivity (Wildman–Crippen MR) is 61.3 cm³/mol. The Morgan fingerprint density at radius 2 is 1.94 bits per heavy atom. The monoisotopic (exact) mass is 245 g/mol. The molecule has 1 atom stereocenters. The molecule has 0 fully saturated rings. The zero-order valence-corrected chi connectivity index (χ0v) is 9.93. The molecule has 1 aromatic carbocycles. The standard InChI is InChI=1S/C10H16NO4P/c1-8(11)6-9-2-4-10(5-3-9)15-7-16(12,13)14/h2-5,8H,6-7,11H2,1H3,(H2,12,13,14). The van der Waals surface area contributed by atoms with Crippen LogP contribution in [-0.2, 0) is 11.0 Å². The fraction of sp³-hybridized carbons (Fsp3) is 0.400. The van der Waals surface area contributed by atoms with Crippen molar-refractivity contribution in [2.45, 2.75) is 19.4 Å². The van der Waals surface area contributed by atoms with E-state index in [0.717, 1.165) is 12.0 Å². The van der Waals surface area contributed by atoms with Crippen LogP contribution in [0.3, 0.4) is 0 Å². The average Bonchev–Trinajstić information content (AvgIpc) is 2.14. The van der Waals surface area contributed by atoms with Crippen molar-refractivity contribution >= 4 is 7.60 Å². The molecule has 0 spiro atoms. The Morgan fingerprint density at radius 1 is 1.38 bits per heavy atom. The van der Waals surface area contributed by atoms with E-state index in [1.54, 1.807) is 12.1 Å². The maximum absolute atomic E-state index is 10.6. The fourth-order valence-electron chi connectivity index (χ4n) is 1.25. The molecule has 0 bridgehead atoms. The van der Waals surface area contributed by atoms with E-state index in [1.165, 1.54) is 0 Å². The molecule has 1 aromatic rings. The highest BCUT2D eigenvalue weighted by atomic mass is 31.2. The first kappa shape index (κ1) is 13.2. The van der Waals surface area contributed by atoms with Gasteiger partial charge in [0.2, 0.25) is 0 Å². The summed E-state index contributed by atoms with van der Waals surface area (Å²) in [4.78, 5) is 17.2. The zero-order valence-electron chi connectivity index (χ0n) is 9.04. The van der Waals surface area contributed by atoms with Gasteiger partial charge in [0.1, 0.15) is 5.75 Å². The van der Waals surface area contributed by atoms with Crippen molar-refractivity contribution in [3.63, 3.8) is 0 Å². The molecular weight excluding hydrogens is 229 g/mol. The molecule has 5 nitrogen and oxygen atoms in total. The van der Waals surface area contributed by atoms with E-state index >= 15 is 0 Å². The van der Waals surface area contributed by atoms with E-state index in [-0.39, 0.29) is 6.04 Å². The van der Waals surface area contributed by atoms with Crippen LogP contribution in [0.2, 0.25) is 0 Å². The third-order valence-corrected chi connectivity index (χ3v) is 2.35. The van der Waals surface area contributed by atoms with Crippen LogP contribution in [0.15, 0.2) is 24.3 Å². The molecule has 0 aromatic heterocycles. The van der Waals surface area contributed by atoms with Gasteiger partial charge in [0, 0.05) is 6.04 Å². The van der Waals surface area contributed by atoms with Gasteiger partial charge in [-0.25, -0.2) is 0 Å². The minimum absolute atomic E-state index is 0.0851. The predicted octanol–water partition coefficient (Wildman–Crippen LogP) is 1.09.